The fourth-order valence-corrected chi connectivity index (χ4v) is 2.98. The van der Waals surface area contributed by atoms with Crippen LogP contribution >= 0.6 is 23.4 Å². The highest BCUT2D eigenvalue weighted by molar-refractivity contribution is 7.99. The van der Waals surface area contributed by atoms with Crippen molar-refractivity contribution in [2.24, 2.45) is 5.73 Å². The van der Waals surface area contributed by atoms with Crippen LogP contribution in [0, 0.1) is 12.7 Å². The summed E-state index contributed by atoms with van der Waals surface area (Å²) >= 11 is 7.68. The second kappa shape index (κ2) is 7.11. The van der Waals surface area contributed by atoms with E-state index in [9.17, 15) is 4.39 Å². The number of aryl methyl sites for hydroxylation is 1. The number of thioether (sulfide) groups is 1. The van der Waals surface area contributed by atoms with Gasteiger partial charge in [-0.25, -0.2) is 4.39 Å². The van der Waals surface area contributed by atoms with E-state index in [1.165, 1.54) is 16.5 Å². The summed E-state index contributed by atoms with van der Waals surface area (Å²) in [4.78, 5) is 1.17. The minimum Gasteiger partial charge on any atom is -0.327 e. The summed E-state index contributed by atoms with van der Waals surface area (Å²) < 4.78 is 13.7. The van der Waals surface area contributed by atoms with Crippen LogP contribution in [0.15, 0.2) is 47.4 Å². The number of benzene rings is 2. The van der Waals surface area contributed by atoms with E-state index in [1.54, 1.807) is 23.9 Å². The van der Waals surface area contributed by atoms with Gasteiger partial charge >= 0.3 is 0 Å². The monoisotopic (exact) mass is 309 g/mol. The maximum absolute atomic E-state index is 13.7. The lowest BCUT2D eigenvalue weighted by Gasteiger charge is -2.13. The Morgan fingerprint density at radius 1 is 1.20 bits per heavy atom. The summed E-state index contributed by atoms with van der Waals surface area (Å²) in [6.45, 7) is 2.06. The van der Waals surface area contributed by atoms with Crippen LogP contribution in [0.3, 0.4) is 0 Å². The summed E-state index contributed by atoms with van der Waals surface area (Å²) in [7, 11) is 0. The lowest BCUT2D eigenvalue weighted by Crippen LogP contribution is -2.26. The molecule has 2 aromatic carbocycles. The molecular formula is C16H17ClFNS. The molecule has 1 nitrogen and oxygen atoms in total. The Hall–Kier alpha value is -1.03. The molecule has 1 atom stereocenters. The van der Waals surface area contributed by atoms with Crippen molar-refractivity contribution in [2.75, 3.05) is 5.75 Å². The molecular weight excluding hydrogens is 293 g/mol. The maximum Gasteiger partial charge on any atom is 0.127 e. The third-order valence-electron chi connectivity index (χ3n) is 3.01. The van der Waals surface area contributed by atoms with Crippen LogP contribution in [-0.2, 0) is 6.42 Å². The van der Waals surface area contributed by atoms with Crippen molar-refractivity contribution in [3.05, 3.63) is 64.4 Å². The average Bonchev–Trinajstić information content (AvgIpc) is 2.42. The number of nitrogens with two attached hydrogens (primary N) is 1. The predicted molar refractivity (Wildman–Crippen MR) is 85.0 cm³/mol. The topological polar surface area (TPSA) is 26.0 Å². The molecule has 0 fully saturated rings. The lowest BCUT2D eigenvalue weighted by atomic mass is 10.1. The van der Waals surface area contributed by atoms with Gasteiger partial charge in [0.25, 0.3) is 0 Å². The summed E-state index contributed by atoms with van der Waals surface area (Å²) in [5.41, 5.74) is 7.81. The van der Waals surface area contributed by atoms with Crippen molar-refractivity contribution in [3.63, 3.8) is 0 Å². The van der Waals surface area contributed by atoms with Crippen LogP contribution in [0.5, 0.6) is 0 Å². The molecule has 20 heavy (non-hydrogen) atoms. The summed E-state index contributed by atoms with van der Waals surface area (Å²) in [6.07, 6.45) is 0.449. The summed E-state index contributed by atoms with van der Waals surface area (Å²) in [5, 5.41) is 0.445. The Morgan fingerprint density at radius 2 is 1.90 bits per heavy atom. The van der Waals surface area contributed by atoms with Crippen LogP contribution < -0.4 is 5.73 Å². The molecule has 0 aliphatic heterocycles. The van der Waals surface area contributed by atoms with E-state index >= 15 is 0 Å². The Bertz CT molecular complexity index is 551. The van der Waals surface area contributed by atoms with Crippen molar-refractivity contribution in [1.82, 2.24) is 0 Å². The Labute approximate surface area is 128 Å². The molecule has 0 spiro atoms. The minimum atomic E-state index is -0.284. The van der Waals surface area contributed by atoms with E-state index in [0.29, 0.717) is 17.0 Å². The molecule has 0 aliphatic carbocycles. The normalized spacial score (nSPS) is 12.4. The third kappa shape index (κ3) is 4.23. The first-order chi connectivity index (χ1) is 9.56. The smallest absolute Gasteiger partial charge is 0.127 e. The molecule has 4 heteroatoms. The molecule has 0 heterocycles. The highest BCUT2D eigenvalue weighted by Crippen LogP contribution is 2.23. The van der Waals surface area contributed by atoms with E-state index in [1.807, 2.05) is 0 Å². The lowest BCUT2D eigenvalue weighted by molar-refractivity contribution is 0.597. The zero-order chi connectivity index (χ0) is 14.5. The van der Waals surface area contributed by atoms with Gasteiger partial charge in [-0.2, -0.15) is 0 Å². The second-order valence-corrected chi connectivity index (χ2v) is 6.29. The van der Waals surface area contributed by atoms with Crippen LogP contribution in [0.25, 0.3) is 0 Å². The van der Waals surface area contributed by atoms with Crippen molar-refractivity contribution in [2.45, 2.75) is 24.3 Å². The standard InChI is InChI=1S/C16H17ClFNS/c1-11-5-7-13(8-6-11)20-10-12(19)9-14-15(17)3-2-4-16(14)18/h2-8,12H,9-10,19H2,1H3. The Kier molecular flexibility index (Phi) is 5.46. The molecule has 1 unspecified atom stereocenters. The van der Waals surface area contributed by atoms with E-state index < -0.39 is 0 Å². The van der Waals surface area contributed by atoms with Gasteiger partial charge in [0.2, 0.25) is 0 Å². The highest BCUT2D eigenvalue weighted by Gasteiger charge is 2.12. The molecule has 0 radical (unpaired) electrons. The van der Waals surface area contributed by atoms with Crippen LogP contribution in [0.1, 0.15) is 11.1 Å². The molecule has 0 saturated carbocycles. The molecule has 0 bridgehead atoms. The van der Waals surface area contributed by atoms with Crippen molar-refractivity contribution in [1.29, 1.82) is 0 Å². The first-order valence-electron chi connectivity index (χ1n) is 6.44. The molecule has 106 valence electrons. The Balaban J connectivity index is 1.92. The van der Waals surface area contributed by atoms with Gasteiger partial charge in [-0.1, -0.05) is 35.4 Å². The van der Waals surface area contributed by atoms with Gasteiger partial charge in [-0.3, -0.25) is 0 Å². The molecule has 2 N–H and O–H groups in total. The summed E-state index contributed by atoms with van der Waals surface area (Å²) in [6, 6.07) is 12.9. The molecule has 2 rings (SSSR count). The molecule has 0 aliphatic rings. The highest BCUT2D eigenvalue weighted by atomic mass is 35.5. The fraction of sp³-hybridized carbons (Fsp3) is 0.250. The van der Waals surface area contributed by atoms with E-state index in [2.05, 4.69) is 31.2 Å². The quantitative estimate of drug-likeness (QED) is 0.826. The van der Waals surface area contributed by atoms with Crippen LogP contribution in [0.4, 0.5) is 4.39 Å². The maximum atomic E-state index is 13.7. The van der Waals surface area contributed by atoms with Gasteiger partial charge in [0.15, 0.2) is 0 Å². The molecule has 2 aromatic rings. The van der Waals surface area contributed by atoms with E-state index in [0.717, 1.165) is 5.75 Å². The van der Waals surface area contributed by atoms with Crippen LogP contribution in [-0.4, -0.2) is 11.8 Å². The number of hydrogen-bond acceptors (Lipinski definition) is 2. The first kappa shape index (κ1) is 15.4. The zero-order valence-corrected chi connectivity index (χ0v) is 12.8. The van der Waals surface area contributed by atoms with E-state index in [4.69, 9.17) is 17.3 Å². The minimum absolute atomic E-state index is 0.129. The van der Waals surface area contributed by atoms with Crippen LogP contribution in [0.2, 0.25) is 5.02 Å². The van der Waals surface area contributed by atoms with Crippen molar-refractivity contribution < 1.29 is 4.39 Å². The van der Waals surface area contributed by atoms with Crippen molar-refractivity contribution >= 4 is 23.4 Å². The number of rotatable bonds is 5. The molecule has 0 amide bonds. The van der Waals surface area contributed by atoms with Gasteiger partial charge in [-0.15, -0.1) is 11.8 Å². The SMILES string of the molecule is Cc1ccc(SCC(N)Cc2c(F)cccc2Cl)cc1. The van der Waals surface area contributed by atoms with Gasteiger partial charge in [0.1, 0.15) is 5.82 Å². The van der Waals surface area contributed by atoms with E-state index in [-0.39, 0.29) is 11.9 Å². The van der Waals surface area contributed by atoms with Gasteiger partial charge in [0, 0.05) is 27.3 Å². The van der Waals surface area contributed by atoms with Gasteiger partial charge in [0.05, 0.1) is 0 Å². The molecule has 0 aromatic heterocycles. The van der Waals surface area contributed by atoms with Gasteiger partial charge in [-0.05, 0) is 37.6 Å². The van der Waals surface area contributed by atoms with Crippen molar-refractivity contribution in [3.8, 4) is 0 Å². The zero-order valence-electron chi connectivity index (χ0n) is 11.3. The van der Waals surface area contributed by atoms with Gasteiger partial charge < -0.3 is 5.73 Å². The molecule has 0 saturated heterocycles. The Morgan fingerprint density at radius 3 is 2.55 bits per heavy atom. The second-order valence-electron chi connectivity index (χ2n) is 4.79. The number of halogens is 2. The fourth-order valence-electron chi connectivity index (χ4n) is 1.89. The largest absolute Gasteiger partial charge is 0.327 e. The predicted octanol–water partition coefficient (Wildman–Crippen LogP) is 4.45. The average molecular weight is 310 g/mol. The summed E-state index contributed by atoms with van der Waals surface area (Å²) in [5.74, 6) is 0.446. The first-order valence-corrected chi connectivity index (χ1v) is 7.80. The third-order valence-corrected chi connectivity index (χ3v) is 4.57. The number of hydrogen-bond donors (Lipinski definition) is 1.